The van der Waals surface area contributed by atoms with E-state index in [1.165, 1.54) is 23.5 Å². The lowest BCUT2D eigenvalue weighted by Gasteiger charge is -2.08. The van der Waals surface area contributed by atoms with Crippen molar-refractivity contribution in [2.75, 3.05) is 11.1 Å². The second-order valence-electron chi connectivity index (χ2n) is 4.29. The van der Waals surface area contributed by atoms with Gasteiger partial charge in [-0.15, -0.1) is 11.3 Å². The maximum absolute atomic E-state index is 13.3. The third-order valence-electron chi connectivity index (χ3n) is 2.66. The summed E-state index contributed by atoms with van der Waals surface area (Å²) in [5, 5.41) is 4.20. The van der Waals surface area contributed by atoms with E-state index in [-0.39, 0.29) is 5.95 Å². The lowest BCUT2D eigenvalue weighted by molar-refractivity contribution is 0.628. The molecule has 2 aromatic heterocycles. The Morgan fingerprint density at radius 1 is 1.25 bits per heavy atom. The molecule has 20 heavy (non-hydrogen) atoms. The van der Waals surface area contributed by atoms with Gasteiger partial charge < -0.3 is 11.1 Å². The number of benzene rings is 1. The molecule has 102 valence electrons. The van der Waals surface area contributed by atoms with Crippen LogP contribution in [-0.4, -0.2) is 9.97 Å². The number of aryl methyl sites for hydroxylation is 1. The molecule has 7 heteroatoms. The van der Waals surface area contributed by atoms with Crippen LogP contribution in [0.3, 0.4) is 0 Å². The number of rotatable bonds is 2. The van der Waals surface area contributed by atoms with Crippen molar-refractivity contribution in [2.45, 2.75) is 6.92 Å². The van der Waals surface area contributed by atoms with Crippen LogP contribution in [0.1, 0.15) is 4.88 Å². The van der Waals surface area contributed by atoms with Crippen LogP contribution in [0.4, 0.5) is 21.8 Å². The molecule has 1 aromatic carbocycles. The molecule has 2 heterocycles. The van der Waals surface area contributed by atoms with E-state index in [4.69, 9.17) is 17.3 Å². The summed E-state index contributed by atoms with van der Waals surface area (Å²) in [6.45, 7) is 1.98. The molecule has 0 amide bonds. The standard InChI is InChI=1S/C13H10ClFN4S/c1-6-2-10-11(18-13(16)19-12(10)20-6)17-9-4-7(14)3-8(15)5-9/h2-5H,1H3,(H3,16,17,18,19). The molecule has 4 nitrogen and oxygen atoms in total. The zero-order chi connectivity index (χ0) is 14.3. The molecule has 0 saturated heterocycles. The second-order valence-corrected chi connectivity index (χ2v) is 5.96. The molecule has 0 bridgehead atoms. The lowest BCUT2D eigenvalue weighted by Crippen LogP contribution is -2.00. The SMILES string of the molecule is Cc1cc2c(Nc3cc(F)cc(Cl)c3)nc(N)nc2s1. The van der Waals surface area contributed by atoms with Gasteiger partial charge in [0.1, 0.15) is 16.5 Å². The first-order valence-electron chi connectivity index (χ1n) is 5.78. The fourth-order valence-electron chi connectivity index (χ4n) is 1.92. The molecule has 3 rings (SSSR count). The summed E-state index contributed by atoms with van der Waals surface area (Å²) < 4.78 is 13.3. The highest BCUT2D eigenvalue weighted by atomic mass is 35.5. The van der Waals surface area contributed by atoms with Crippen LogP contribution in [0, 0.1) is 12.7 Å². The number of aromatic nitrogens is 2. The van der Waals surface area contributed by atoms with Gasteiger partial charge in [0.15, 0.2) is 0 Å². The van der Waals surface area contributed by atoms with E-state index in [9.17, 15) is 4.39 Å². The first kappa shape index (κ1) is 13.1. The van der Waals surface area contributed by atoms with E-state index in [0.29, 0.717) is 16.5 Å². The molecule has 0 fully saturated rings. The number of nitrogens with two attached hydrogens (primary N) is 1. The summed E-state index contributed by atoms with van der Waals surface area (Å²) in [7, 11) is 0. The number of hydrogen-bond acceptors (Lipinski definition) is 5. The van der Waals surface area contributed by atoms with Gasteiger partial charge in [-0.3, -0.25) is 0 Å². The largest absolute Gasteiger partial charge is 0.368 e. The van der Waals surface area contributed by atoms with Crippen molar-refractivity contribution in [1.82, 2.24) is 9.97 Å². The fraction of sp³-hybridized carbons (Fsp3) is 0.0769. The van der Waals surface area contributed by atoms with E-state index in [1.807, 2.05) is 13.0 Å². The number of halogens is 2. The molecule has 0 radical (unpaired) electrons. The first-order chi connectivity index (χ1) is 9.51. The quantitative estimate of drug-likeness (QED) is 0.747. The summed E-state index contributed by atoms with van der Waals surface area (Å²) in [6.07, 6.45) is 0. The highest BCUT2D eigenvalue weighted by molar-refractivity contribution is 7.18. The molecule has 3 N–H and O–H groups in total. The van der Waals surface area contributed by atoms with Crippen LogP contribution in [0.2, 0.25) is 5.02 Å². The van der Waals surface area contributed by atoms with Gasteiger partial charge >= 0.3 is 0 Å². The summed E-state index contributed by atoms with van der Waals surface area (Å²) in [6, 6.07) is 6.16. The topological polar surface area (TPSA) is 63.8 Å². The highest BCUT2D eigenvalue weighted by Gasteiger charge is 2.10. The summed E-state index contributed by atoms with van der Waals surface area (Å²) in [5.41, 5.74) is 6.20. The molecule has 0 atom stereocenters. The molecule has 0 spiro atoms. The van der Waals surface area contributed by atoms with E-state index in [0.717, 1.165) is 15.1 Å². The third-order valence-corrected chi connectivity index (χ3v) is 3.82. The average molecular weight is 309 g/mol. The maximum atomic E-state index is 13.3. The fourth-order valence-corrected chi connectivity index (χ4v) is 3.02. The smallest absolute Gasteiger partial charge is 0.223 e. The Morgan fingerprint density at radius 3 is 2.80 bits per heavy atom. The normalized spacial score (nSPS) is 10.9. The number of thiophene rings is 1. The van der Waals surface area contributed by atoms with Crippen molar-refractivity contribution < 1.29 is 4.39 Å². The number of nitrogen functional groups attached to an aromatic ring is 1. The predicted octanol–water partition coefficient (Wildman–Crippen LogP) is 4.12. The van der Waals surface area contributed by atoms with Crippen LogP contribution in [0.25, 0.3) is 10.2 Å². The summed E-state index contributed by atoms with van der Waals surface area (Å²) in [5.74, 6) is 0.294. The van der Waals surface area contributed by atoms with E-state index < -0.39 is 5.82 Å². The Hall–Kier alpha value is -1.92. The van der Waals surface area contributed by atoms with Gasteiger partial charge in [0.25, 0.3) is 0 Å². The average Bonchev–Trinajstić information content (AvgIpc) is 2.68. The molecule has 0 aliphatic rings. The molecular formula is C13H10ClFN4S. The van der Waals surface area contributed by atoms with Crippen LogP contribution < -0.4 is 11.1 Å². The van der Waals surface area contributed by atoms with Crippen molar-refractivity contribution in [3.63, 3.8) is 0 Å². The van der Waals surface area contributed by atoms with Crippen LogP contribution >= 0.6 is 22.9 Å². The van der Waals surface area contributed by atoms with Crippen LogP contribution in [0.5, 0.6) is 0 Å². The molecule has 0 saturated carbocycles. The van der Waals surface area contributed by atoms with Crippen molar-refractivity contribution in [1.29, 1.82) is 0 Å². The minimum Gasteiger partial charge on any atom is -0.368 e. The second kappa shape index (κ2) is 4.88. The van der Waals surface area contributed by atoms with Crippen molar-refractivity contribution in [2.24, 2.45) is 0 Å². The predicted molar refractivity (Wildman–Crippen MR) is 81.3 cm³/mol. The third kappa shape index (κ3) is 2.52. The number of fused-ring (bicyclic) bond motifs is 1. The van der Waals surface area contributed by atoms with Gasteiger partial charge in [0, 0.05) is 15.6 Å². The summed E-state index contributed by atoms with van der Waals surface area (Å²) >= 11 is 7.36. The van der Waals surface area contributed by atoms with Crippen molar-refractivity contribution in [3.05, 3.63) is 40.0 Å². The molecule has 0 unspecified atom stereocenters. The Balaban J connectivity index is 2.09. The number of nitrogens with zero attached hydrogens (tertiary/aromatic N) is 2. The Kier molecular flexibility index (Phi) is 3.19. The Morgan fingerprint density at radius 2 is 2.05 bits per heavy atom. The van der Waals surface area contributed by atoms with Gasteiger partial charge in [-0.25, -0.2) is 9.37 Å². The molecular weight excluding hydrogens is 299 g/mol. The minimum atomic E-state index is -0.417. The van der Waals surface area contributed by atoms with Gasteiger partial charge in [-0.1, -0.05) is 11.6 Å². The number of hydrogen-bond donors (Lipinski definition) is 2. The van der Waals surface area contributed by atoms with Gasteiger partial charge in [-0.05, 0) is 31.2 Å². The maximum Gasteiger partial charge on any atom is 0.223 e. The molecule has 0 aliphatic heterocycles. The van der Waals surface area contributed by atoms with Gasteiger partial charge in [0.05, 0.1) is 5.39 Å². The van der Waals surface area contributed by atoms with E-state index >= 15 is 0 Å². The minimum absolute atomic E-state index is 0.171. The zero-order valence-electron chi connectivity index (χ0n) is 10.4. The highest BCUT2D eigenvalue weighted by Crippen LogP contribution is 2.31. The molecule has 0 aliphatic carbocycles. The number of nitrogens with one attached hydrogen (secondary N) is 1. The molecule has 3 aromatic rings. The van der Waals surface area contributed by atoms with Gasteiger partial charge in [0.2, 0.25) is 5.95 Å². The van der Waals surface area contributed by atoms with Crippen molar-refractivity contribution >= 4 is 50.6 Å². The van der Waals surface area contributed by atoms with Crippen LogP contribution in [0.15, 0.2) is 24.3 Å². The Labute approximate surface area is 123 Å². The first-order valence-corrected chi connectivity index (χ1v) is 6.97. The summed E-state index contributed by atoms with van der Waals surface area (Å²) in [4.78, 5) is 10.2. The van der Waals surface area contributed by atoms with Crippen LogP contribution in [-0.2, 0) is 0 Å². The zero-order valence-corrected chi connectivity index (χ0v) is 12.0. The van der Waals surface area contributed by atoms with E-state index in [1.54, 1.807) is 6.07 Å². The van der Waals surface area contributed by atoms with Gasteiger partial charge in [-0.2, -0.15) is 4.98 Å². The monoisotopic (exact) mass is 308 g/mol. The number of anilines is 3. The lowest BCUT2D eigenvalue weighted by atomic mass is 10.3. The Bertz CT molecular complexity index is 782. The van der Waals surface area contributed by atoms with E-state index in [2.05, 4.69) is 15.3 Å². The van der Waals surface area contributed by atoms with Crippen molar-refractivity contribution in [3.8, 4) is 0 Å².